The van der Waals surface area contributed by atoms with Crippen molar-refractivity contribution >= 4 is 0 Å². The summed E-state index contributed by atoms with van der Waals surface area (Å²) in [5.41, 5.74) is 0. The van der Waals surface area contributed by atoms with Crippen LogP contribution in [0.1, 0.15) is 34.6 Å². The van der Waals surface area contributed by atoms with Crippen LogP contribution >= 0.6 is 0 Å². The lowest BCUT2D eigenvalue weighted by molar-refractivity contribution is -0.342. The summed E-state index contributed by atoms with van der Waals surface area (Å²) >= 11 is 0. The van der Waals surface area contributed by atoms with E-state index in [0.717, 1.165) is 0 Å². The molecule has 3 saturated heterocycles. The van der Waals surface area contributed by atoms with E-state index in [1.807, 2.05) is 27.7 Å². The van der Waals surface area contributed by atoms with Crippen LogP contribution in [0.2, 0.25) is 0 Å². The SMILES string of the molecule is CC1[C@@H]2[C@H]3OC(C)(C)OC[C@@H]3O[C@@H]3COC(C)(C)O[C@H]3[C@H]12. The van der Waals surface area contributed by atoms with Crippen molar-refractivity contribution in [2.75, 3.05) is 13.2 Å². The van der Waals surface area contributed by atoms with Crippen LogP contribution in [0, 0.1) is 17.8 Å². The highest BCUT2D eigenvalue weighted by Crippen LogP contribution is 2.58. The largest absolute Gasteiger partial charge is 0.365 e. The number of ether oxygens (including phenoxy) is 5. The molecule has 3 heterocycles. The fourth-order valence-electron chi connectivity index (χ4n) is 4.30. The molecule has 4 rings (SSSR count). The summed E-state index contributed by atoms with van der Waals surface area (Å²) in [5, 5.41) is 0. The molecule has 5 nitrogen and oxygen atoms in total. The Morgan fingerprint density at radius 2 is 1.19 bits per heavy atom. The van der Waals surface area contributed by atoms with Crippen molar-refractivity contribution < 1.29 is 23.7 Å². The van der Waals surface area contributed by atoms with Crippen LogP contribution in [0.25, 0.3) is 0 Å². The summed E-state index contributed by atoms with van der Waals surface area (Å²) in [6.07, 6.45) is 0.176. The lowest BCUT2D eigenvalue weighted by Crippen LogP contribution is -2.54. The zero-order valence-corrected chi connectivity index (χ0v) is 13.5. The van der Waals surface area contributed by atoms with Crippen LogP contribution in [0.4, 0.5) is 0 Å². The first-order chi connectivity index (χ1) is 9.77. The molecule has 0 aromatic rings. The zero-order chi connectivity index (χ0) is 15.0. The molecule has 120 valence electrons. The van der Waals surface area contributed by atoms with Crippen molar-refractivity contribution in [2.24, 2.45) is 17.8 Å². The van der Waals surface area contributed by atoms with E-state index in [0.29, 0.717) is 31.0 Å². The van der Waals surface area contributed by atoms with Gasteiger partial charge in [0.2, 0.25) is 0 Å². The first kappa shape index (κ1) is 14.4. The van der Waals surface area contributed by atoms with E-state index in [-0.39, 0.29) is 24.4 Å². The minimum absolute atomic E-state index is 0.0149. The molecule has 1 unspecified atom stereocenters. The van der Waals surface area contributed by atoms with Crippen molar-refractivity contribution in [2.45, 2.75) is 70.6 Å². The van der Waals surface area contributed by atoms with Gasteiger partial charge in [-0.2, -0.15) is 0 Å². The molecule has 0 amide bonds. The molecule has 0 aromatic heterocycles. The molecule has 3 aliphatic heterocycles. The summed E-state index contributed by atoms with van der Waals surface area (Å²) in [6, 6.07) is 0. The Labute approximate surface area is 126 Å². The Bertz CT molecular complexity index is 396. The van der Waals surface area contributed by atoms with Gasteiger partial charge in [0, 0.05) is 0 Å². The molecule has 0 bridgehead atoms. The molecule has 7 atom stereocenters. The van der Waals surface area contributed by atoms with Gasteiger partial charge < -0.3 is 23.7 Å². The maximum Gasteiger partial charge on any atom is 0.163 e. The predicted molar refractivity (Wildman–Crippen MR) is 74.6 cm³/mol. The average molecular weight is 298 g/mol. The van der Waals surface area contributed by atoms with E-state index in [1.165, 1.54) is 0 Å². The van der Waals surface area contributed by atoms with Crippen molar-refractivity contribution in [3.05, 3.63) is 0 Å². The number of hydrogen-bond donors (Lipinski definition) is 0. The molecule has 4 fully saturated rings. The Hall–Kier alpha value is -0.200. The van der Waals surface area contributed by atoms with E-state index in [9.17, 15) is 0 Å². The van der Waals surface area contributed by atoms with Crippen LogP contribution in [-0.4, -0.2) is 49.2 Å². The zero-order valence-electron chi connectivity index (χ0n) is 13.5. The number of hydrogen-bond acceptors (Lipinski definition) is 5. The van der Waals surface area contributed by atoms with Crippen LogP contribution in [-0.2, 0) is 23.7 Å². The van der Waals surface area contributed by atoms with E-state index < -0.39 is 11.6 Å². The monoisotopic (exact) mass is 298 g/mol. The molecule has 21 heavy (non-hydrogen) atoms. The number of rotatable bonds is 0. The van der Waals surface area contributed by atoms with Crippen LogP contribution in [0.15, 0.2) is 0 Å². The lowest BCUT2D eigenvalue weighted by Gasteiger charge is -2.44. The average Bonchev–Trinajstić information content (AvgIpc) is 3.05. The van der Waals surface area contributed by atoms with E-state index in [2.05, 4.69) is 6.92 Å². The molecule has 0 spiro atoms. The summed E-state index contributed by atoms with van der Waals surface area (Å²) in [5.74, 6) is 0.563. The molecule has 0 aromatic carbocycles. The first-order valence-corrected chi connectivity index (χ1v) is 8.06. The third-order valence-electron chi connectivity index (χ3n) is 5.39. The Morgan fingerprint density at radius 1 is 0.762 bits per heavy atom. The van der Waals surface area contributed by atoms with Gasteiger partial charge in [-0.05, 0) is 45.4 Å². The van der Waals surface area contributed by atoms with Crippen molar-refractivity contribution in [1.29, 1.82) is 0 Å². The summed E-state index contributed by atoms with van der Waals surface area (Å²) in [4.78, 5) is 0. The van der Waals surface area contributed by atoms with Gasteiger partial charge in [0.05, 0.1) is 25.4 Å². The van der Waals surface area contributed by atoms with Crippen molar-refractivity contribution in [3.8, 4) is 0 Å². The minimum atomic E-state index is -0.524. The van der Waals surface area contributed by atoms with Crippen LogP contribution < -0.4 is 0 Å². The lowest BCUT2D eigenvalue weighted by atomic mass is 10.0. The van der Waals surface area contributed by atoms with Gasteiger partial charge in [0.15, 0.2) is 11.6 Å². The quantitative estimate of drug-likeness (QED) is 0.684. The molecular formula is C16H26O5. The Morgan fingerprint density at radius 3 is 1.62 bits per heavy atom. The van der Waals surface area contributed by atoms with Gasteiger partial charge in [-0.15, -0.1) is 0 Å². The highest BCUT2D eigenvalue weighted by atomic mass is 16.8. The van der Waals surface area contributed by atoms with Gasteiger partial charge in [-0.25, -0.2) is 0 Å². The van der Waals surface area contributed by atoms with Gasteiger partial charge in [-0.1, -0.05) is 6.92 Å². The Kier molecular flexibility index (Phi) is 3.03. The van der Waals surface area contributed by atoms with E-state index in [1.54, 1.807) is 0 Å². The highest BCUT2D eigenvalue weighted by molar-refractivity contribution is 5.10. The normalized spacial score (nSPS) is 53.9. The van der Waals surface area contributed by atoms with Gasteiger partial charge >= 0.3 is 0 Å². The predicted octanol–water partition coefficient (Wildman–Crippen LogP) is 1.94. The molecule has 0 N–H and O–H groups in total. The molecule has 5 heteroatoms. The summed E-state index contributed by atoms with van der Waals surface area (Å²) in [6.45, 7) is 11.4. The van der Waals surface area contributed by atoms with E-state index in [4.69, 9.17) is 23.7 Å². The minimum Gasteiger partial charge on any atom is -0.365 e. The second-order valence-corrected chi connectivity index (χ2v) is 7.81. The molecule has 1 aliphatic carbocycles. The van der Waals surface area contributed by atoms with Crippen LogP contribution in [0.5, 0.6) is 0 Å². The number of fused-ring (bicyclic) bond motifs is 5. The molecular weight excluding hydrogens is 272 g/mol. The van der Waals surface area contributed by atoms with E-state index >= 15 is 0 Å². The fraction of sp³-hybridized carbons (Fsp3) is 1.00. The van der Waals surface area contributed by atoms with Crippen molar-refractivity contribution in [1.82, 2.24) is 0 Å². The maximum atomic E-state index is 6.26. The summed E-state index contributed by atoms with van der Waals surface area (Å²) < 4.78 is 30.2. The fourth-order valence-corrected chi connectivity index (χ4v) is 4.30. The smallest absolute Gasteiger partial charge is 0.163 e. The molecule has 1 saturated carbocycles. The maximum absolute atomic E-state index is 6.26. The highest BCUT2D eigenvalue weighted by Gasteiger charge is 2.65. The topological polar surface area (TPSA) is 46.2 Å². The second kappa shape index (κ2) is 4.42. The van der Waals surface area contributed by atoms with Crippen molar-refractivity contribution in [3.63, 3.8) is 0 Å². The third kappa shape index (κ3) is 2.34. The van der Waals surface area contributed by atoms with Gasteiger partial charge in [0.25, 0.3) is 0 Å². The van der Waals surface area contributed by atoms with Gasteiger partial charge in [0.1, 0.15) is 12.2 Å². The first-order valence-electron chi connectivity index (χ1n) is 8.06. The second-order valence-electron chi connectivity index (χ2n) is 7.81. The molecule has 4 aliphatic rings. The Balaban J connectivity index is 1.60. The summed E-state index contributed by atoms with van der Waals surface area (Å²) in [7, 11) is 0. The third-order valence-corrected chi connectivity index (χ3v) is 5.39. The molecule has 0 radical (unpaired) electrons. The standard InChI is InChI=1S/C16H26O5/c1-8-11-12(8)14-10(7-18-16(4,5)21-14)19-9-6-17-15(2,3)20-13(9)11/h8-14H,6-7H2,1-5H3/t8?,9-,10+,11-,12+,13-,14+. The van der Waals surface area contributed by atoms with Gasteiger partial charge in [-0.3, -0.25) is 0 Å². The van der Waals surface area contributed by atoms with Crippen LogP contribution in [0.3, 0.4) is 0 Å².